The van der Waals surface area contributed by atoms with E-state index in [2.05, 4.69) is 20.4 Å². The quantitative estimate of drug-likeness (QED) is 0.602. The zero-order valence-corrected chi connectivity index (χ0v) is 19.4. The fraction of sp³-hybridized carbons (Fsp3) is 0.409. The van der Waals surface area contributed by atoms with E-state index < -0.39 is 6.04 Å². The van der Waals surface area contributed by atoms with E-state index in [1.807, 2.05) is 13.8 Å². The molecule has 1 aromatic carbocycles. The molecule has 168 valence electrons. The number of anilines is 1. The number of amides is 2. The van der Waals surface area contributed by atoms with Crippen molar-refractivity contribution in [3.05, 3.63) is 51.5 Å². The monoisotopic (exact) mass is 474 g/mol. The molecule has 0 radical (unpaired) electrons. The summed E-state index contributed by atoms with van der Waals surface area (Å²) in [4.78, 5) is 36.4. The second-order valence-corrected chi connectivity index (χ2v) is 8.76. The predicted octanol–water partition coefficient (Wildman–Crippen LogP) is 4.00. The van der Waals surface area contributed by atoms with Crippen LogP contribution < -0.4 is 5.32 Å². The highest BCUT2D eigenvalue weighted by molar-refractivity contribution is 6.42. The van der Waals surface area contributed by atoms with Crippen LogP contribution in [0, 0.1) is 13.8 Å². The Kier molecular flexibility index (Phi) is 6.62. The van der Waals surface area contributed by atoms with Crippen molar-refractivity contribution in [1.29, 1.82) is 0 Å². The molecule has 2 aromatic heterocycles. The molecule has 2 amide bonds. The number of carbonyl (C=O) groups excluding carboxylic acids is 2. The summed E-state index contributed by atoms with van der Waals surface area (Å²) in [5.41, 5.74) is 3.29. The van der Waals surface area contributed by atoms with E-state index in [4.69, 9.17) is 23.2 Å². The molecule has 1 saturated heterocycles. The molecule has 3 heterocycles. The Balaban J connectivity index is 1.45. The molecule has 10 heteroatoms. The van der Waals surface area contributed by atoms with Gasteiger partial charge in [-0.3, -0.25) is 9.59 Å². The standard InChI is InChI=1S/C22H24Cl2N6O2/c1-13-16(14(2)30-22(27-13)25-12-26-30)7-9-20(31)29-10-4-3-5-19(29)21(32)28-15-6-8-17(23)18(24)11-15/h6,8,11-12,19H,3-5,7,9-10H2,1-2H3,(H,28,32). The van der Waals surface area contributed by atoms with Crippen molar-refractivity contribution < 1.29 is 9.59 Å². The van der Waals surface area contributed by atoms with Crippen molar-refractivity contribution in [1.82, 2.24) is 24.5 Å². The lowest BCUT2D eigenvalue weighted by Crippen LogP contribution is -2.50. The average molecular weight is 475 g/mol. The first-order valence-corrected chi connectivity index (χ1v) is 11.3. The maximum Gasteiger partial charge on any atom is 0.252 e. The van der Waals surface area contributed by atoms with Crippen molar-refractivity contribution in [3.63, 3.8) is 0 Å². The Morgan fingerprint density at radius 2 is 2.00 bits per heavy atom. The Morgan fingerprint density at radius 1 is 1.19 bits per heavy atom. The van der Waals surface area contributed by atoms with E-state index in [0.29, 0.717) is 47.3 Å². The van der Waals surface area contributed by atoms with E-state index in [1.165, 1.54) is 6.33 Å². The number of aromatic nitrogens is 4. The molecule has 1 aliphatic heterocycles. The molecule has 3 aromatic rings. The Hall–Kier alpha value is -2.71. The van der Waals surface area contributed by atoms with E-state index >= 15 is 0 Å². The van der Waals surface area contributed by atoms with E-state index in [0.717, 1.165) is 29.8 Å². The Labute approximate surface area is 195 Å². The number of fused-ring (bicyclic) bond motifs is 1. The topological polar surface area (TPSA) is 92.5 Å². The number of hydrogen-bond donors (Lipinski definition) is 1. The normalized spacial score (nSPS) is 16.4. The Bertz CT molecular complexity index is 1180. The van der Waals surface area contributed by atoms with Crippen molar-refractivity contribution in [2.24, 2.45) is 0 Å². The van der Waals surface area contributed by atoms with Gasteiger partial charge in [-0.25, -0.2) is 9.50 Å². The average Bonchev–Trinajstić information content (AvgIpc) is 3.24. The number of rotatable bonds is 5. The number of carbonyl (C=O) groups is 2. The number of halogens is 2. The van der Waals surface area contributed by atoms with E-state index in [-0.39, 0.29) is 11.8 Å². The minimum absolute atomic E-state index is 0.0449. The summed E-state index contributed by atoms with van der Waals surface area (Å²) in [7, 11) is 0. The number of nitrogens with zero attached hydrogens (tertiary/aromatic N) is 5. The van der Waals surface area contributed by atoms with Crippen LogP contribution >= 0.6 is 23.2 Å². The van der Waals surface area contributed by atoms with Gasteiger partial charge in [0.25, 0.3) is 5.78 Å². The highest BCUT2D eigenvalue weighted by Gasteiger charge is 2.32. The third-order valence-electron chi connectivity index (χ3n) is 5.89. The van der Waals surface area contributed by atoms with Gasteiger partial charge >= 0.3 is 0 Å². The molecule has 8 nitrogen and oxygen atoms in total. The van der Waals surface area contributed by atoms with Crippen molar-refractivity contribution >= 4 is 46.5 Å². The van der Waals surface area contributed by atoms with Gasteiger partial charge in [0.1, 0.15) is 12.4 Å². The molecule has 0 saturated carbocycles. The second-order valence-electron chi connectivity index (χ2n) is 7.95. The summed E-state index contributed by atoms with van der Waals surface area (Å²) in [6.45, 7) is 4.43. The molecular formula is C22H24Cl2N6O2. The molecule has 1 aliphatic rings. The molecule has 1 N–H and O–H groups in total. The van der Waals surface area contributed by atoms with Crippen LogP contribution in [0.4, 0.5) is 5.69 Å². The maximum absolute atomic E-state index is 13.1. The smallest absolute Gasteiger partial charge is 0.252 e. The van der Waals surface area contributed by atoms with Crippen LogP contribution in [-0.2, 0) is 16.0 Å². The zero-order valence-electron chi connectivity index (χ0n) is 17.9. The van der Waals surface area contributed by atoms with Gasteiger partial charge in [-0.15, -0.1) is 0 Å². The third-order valence-corrected chi connectivity index (χ3v) is 6.63. The first-order valence-electron chi connectivity index (χ1n) is 10.6. The molecule has 1 fully saturated rings. The number of aryl methyl sites for hydroxylation is 2. The zero-order chi connectivity index (χ0) is 22.8. The van der Waals surface area contributed by atoms with Gasteiger partial charge in [0, 0.05) is 30.0 Å². The van der Waals surface area contributed by atoms with Crippen molar-refractivity contribution in [2.75, 3.05) is 11.9 Å². The first-order chi connectivity index (χ1) is 15.3. The molecule has 0 aliphatic carbocycles. The van der Waals surface area contributed by atoms with Crippen LogP contribution in [-0.4, -0.2) is 48.9 Å². The fourth-order valence-corrected chi connectivity index (χ4v) is 4.49. The molecule has 4 rings (SSSR count). The van der Waals surface area contributed by atoms with E-state index in [1.54, 1.807) is 27.6 Å². The minimum atomic E-state index is -0.510. The summed E-state index contributed by atoms with van der Waals surface area (Å²) in [6.07, 6.45) is 4.69. The SMILES string of the molecule is Cc1nc2ncnn2c(C)c1CCC(=O)N1CCCCC1C(=O)Nc1ccc(Cl)c(Cl)c1. The molecule has 0 spiro atoms. The lowest BCUT2D eigenvalue weighted by Gasteiger charge is -2.35. The number of hydrogen-bond acceptors (Lipinski definition) is 5. The first kappa shape index (κ1) is 22.5. The Morgan fingerprint density at radius 3 is 2.78 bits per heavy atom. The van der Waals surface area contributed by atoms with Gasteiger partial charge in [-0.05, 0) is 63.3 Å². The van der Waals surface area contributed by atoms with Gasteiger partial charge in [0.05, 0.1) is 10.0 Å². The van der Waals surface area contributed by atoms with Gasteiger partial charge < -0.3 is 10.2 Å². The maximum atomic E-state index is 13.1. The third kappa shape index (κ3) is 4.56. The van der Waals surface area contributed by atoms with Crippen molar-refractivity contribution in [2.45, 2.75) is 52.0 Å². The molecule has 1 unspecified atom stereocenters. The highest BCUT2D eigenvalue weighted by atomic mass is 35.5. The fourth-order valence-electron chi connectivity index (χ4n) is 4.19. The molecule has 32 heavy (non-hydrogen) atoms. The number of nitrogens with one attached hydrogen (secondary N) is 1. The highest BCUT2D eigenvalue weighted by Crippen LogP contribution is 2.26. The summed E-state index contributed by atoms with van der Waals surface area (Å²) >= 11 is 12.0. The van der Waals surface area contributed by atoms with Crippen LogP contribution in [0.2, 0.25) is 10.0 Å². The minimum Gasteiger partial charge on any atom is -0.331 e. The van der Waals surface area contributed by atoms with Crippen LogP contribution in [0.5, 0.6) is 0 Å². The van der Waals surface area contributed by atoms with Gasteiger partial charge in [-0.1, -0.05) is 23.2 Å². The van der Waals surface area contributed by atoms with E-state index in [9.17, 15) is 9.59 Å². The number of benzene rings is 1. The van der Waals surface area contributed by atoms with Gasteiger partial charge in [-0.2, -0.15) is 10.1 Å². The number of piperidine rings is 1. The second kappa shape index (κ2) is 9.42. The summed E-state index contributed by atoms with van der Waals surface area (Å²) in [6, 6.07) is 4.42. The molecular weight excluding hydrogens is 451 g/mol. The van der Waals surface area contributed by atoms with Crippen LogP contribution in [0.3, 0.4) is 0 Å². The van der Waals surface area contributed by atoms with Gasteiger partial charge in [0.15, 0.2) is 0 Å². The number of likely N-dealkylation sites (tertiary alicyclic amines) is 1. The van der Waals surface area contributed by atoms with Crippen LogP contribution in [0.25, 0.3) is 5.78 Å². The summed E-state index contributed by atoms with van der Waals surface area (Å²) in [5.74, 6) is 0.288. The summed E-state index contributed by atoms with van der Waals surface area (Å²) < 4.78 is 1.68. The largest absolute Gasteiger partial charge is 0.331 e. The lowest BCUT2D eigenvalue weighted by atomic mass is 9.99. The molecule has 0 bridgehead atoms. The molecule has 1 atom stereocenters. The van der Waals surface area contributed by atoms with Crippen LogP contribution in [0.15, 0.2) is 24.5 Å². The van der Waals surface area contributed by atoms with Gasteiger partial charge in [0.2, 0.25) is 11.8 Å². The van der Waals surface area contributed by atoms with Crippen LogP contribution in [0.1, 0.15) is 42.6 Å². The summed E-state index contributed by atoms with van der Waals surface area (Å²) in [5, 5.41) is 7.86. The lowest BCUT2D eigenvalue weighted by molar-refractivity contribution is -0.140. The van der Waals surface area contributed by atoms with Crippen molar-refractivity contribution in [3.8, 4) is 0 Å². The predicted molar refractivity (Wildman–Crippen MR) is 123 cm³/mol.